The maximum absolute atomic E-state index is 4.44. The Kier molecular flexibility index (Phi) is 3.87. The predicted molar refractivity (Wildman–Crippen MR) is 81.8 cm³/mol. The summed E-state index contributed by atoms with van der Waals surface area (Å²) >= 11 is 0. The van der Waals surface area contributed by atoms with E-state index in [-0.39, 0.29) is 0 Å². The molecule has 0 atom stereocenters. The molecule has 0 saturated carbocycles. The van der Waals surface area contributed by atoms with E-state index in [1.54, 1.807) is 0 Å². The third-order valence-electron chi connectivity index (χ3n) is 4.36. The van der Waals surface area contributed by atoms with Crippen LogP contribution < -0.4 is 5.32 Å². The van der Waals surface area contributed by atoms with Crippen molar-refractivity contribution < 1.29 is 0 Å². The first-order valence-corrected chi connectivity index (χ1v) is 7.50. The fourth-order valence-electron chi connectivity index (χ4n) is 2.94. The molecule has 0 unspecified atom stereocenters. The average molecular weight is 273 g/mol. The van der Waals surface area contributed by atoms with Crippen LogP contribution in [0.4, 0.5) is 5.82 Å². The van der Waals surface area contributed by atoms with Crippen molar-refractivity contribution in [2.45, 2.75) is 19.8 Å². The van der Waals surface area contributed by atoms with Crippen molar-refractivity contribution in [3.63, 3.8) is 0 Å². The zero-order valence-corrected chi connectivity index (χ0v) is 12.3. The minimum Gasteiger partial charge on any atom is -0.368 e. The molecule has 0 amide bonds. The maximum atomic E-state index is 4.44. The predicted octanol–water partition coefficient (Wildman–Crippen LogP) is 2.11. The van der Waals surface area contributed by atoms with E-state index in [9.17, 15) is 0 Å². The lowest BCUT2D eigenvalue weighted by Gasteiger charge is -2.31. The fourth-order valence-corrected chi connectivity index (χ4v) is 2.94. The number of hydrogen-bond acceptors (Lipinski definition) is 4. The molecule has 2 aromatic rings. The Morgan fingerprint density at radius 2 is 2.10 bits per heavy atom. The Labute approximate surface area is 120 Å². The van der Waals surface area contributed by atoms with E-state index in [4.69, 9.17) is 0 Å². The number of aromatic nitrogens is 3. The highest BCUT2D eigenvalue weighted by Gasteiger charge is 2.18. The monoisotopic (exact) mass is 273 g/mol. The highest BCUT2D eigenvalue weighted by molar-refractivity contribution is 5.85. The Morgan fingerprint density at radius 3 is 2.85 bits per heavy atom. The summed E-state index contributed by atoms with van der Waals surface area (Å²) in [5.41, 5.74) is 2.10. The number of likely N-dealkylation sites (tertiary alicyclic amines) is 1. The number of piperidine rings is 1. The van der Waals surface area contributed by atoms with Gasteiger partial charge in [-0.25, -0.2) is 9.97 Å². The quantitative estimate of drug-likeness (QED) is 0.927. The molecule has 1 fully saturated rings. The molecule has 108 valence electrons. The molecular weight excluding hydrogens is 250 g/mol. The first-order chi connectivity index (χ1) is 9.78. The molecule has 0 radical (unpaired) electrons. The number of aryl methyl sites for hydroxylation is 1. The second-order valence-corrected chi connectivity index (χ2v) is 5.64. The van der Waals surface area contributed by atoms with Crippen LogP contribution in [0.25, 0.3) is 11.0 Å². The molecule has 1 N–H and O–H groups in total. The van der Waals surface area contributed by atoms with Crippen molar-refractivity contribution >= 4 is 16.9 Å². The summed E-state index contributed by atoms with van der Waals surface area (Å²) in [4.78, 5) is 11.4. The Balaban J connectivity index is 1.63. The van der Waals surface area contributed by atoms with E-state index in [0.717, 1.165) is 29.3 Å². The first kappa shape index (κ1) is 13.4. The molecule has 0 aromatic carbocycles. The van der Waals surface area contributed by atoms with Crippen LogP contribution in [0.3, 0.4) is 0 Å². The number of rotatable bonds is 4. The van der Waals surface area contributed by atoms with Gasteiger partial charge in [-0.2, -0.15) is 0 Å². The molecular formula is C15H23N5. The Hall–Kier alpha value is -1.62. The molecule has 2 aromatic heterocycles. The maximum Gasteiger partial charge on any atom is 0.154 e. The molecule has 1 aliphatic heterocycles. The van der Waals surface area contributed by atoms with E-state index >= 15 is 0 Å². The topological polar surface area (TPSA) is 46.0 Å². The van der Waals surface area contributed by atoms with Crippen molar-refractivity contribution in [3.8, 4) is 0 Å². The summed E-state index contributed by atoms with van der Waals surface area (Å²) in [6.07, 6.45) is 6.25. The van der Waals surface area contributed by atoms with Gasteiger partial charge in [-0.05, 0) is 44.5 Å². The number of nitrogens with one attached hydrogen (secondary N) is 1. The van der Waals surface area contributed by atoms with Gasteiger partial charge in [-0.3, -0.25) is 0 Å². The number of fused-ring (bicyclic) bond motifs is 1. The minimum absolute atomic E-state index is 0.749. The van der Waals surface area contributed by atoms with E-state index in [1.807, 2.05) is 30.2 Å². The van der Waals surface area contributed by atoms with Gasteiger partial charge in [0.1, 0.15) is 5.52 Å². The highest BCUT2D eigenvalue weighted by atomic mass is 15.1. The third kappa shape index (κ3) is 2.63. The van der Waals surface area contributed by atoms with Crippen LogP contribution >= 0.6 is 0 Å². The number of hydrogen-bond donors (Lipinski definition) is 1. The molecule has 20 heavy (non-hydrogen) atoms. The third-order valence-corrected chi connectivity index (χ3v) is 4.36. The van der Waals surface area contributed by atoms with Gasteiger partial charge in [0.05, 0.1) is 11.8 Å². The number of imidazole rings is 1. The minimum atomic E-state index is 0.749. The first-order valence-electron chi connectivity index (χ1n) is 7.50. The van der Waals surface area contributed by atoms with Gasteiger partial charge in [-0.15, -0.1) is 0 Å². The molecule has 3 rings (SSSR count). The Bertz CT molecular complexity index is 569. The summed E-state index contributed by atoms with van der Waals surface area (Å²) in [6, 6.07) is 2.01. The average Bonchev–Trinajstić information content (AvgIpc) is 2.88. The van der Waals surface area contributed by atoms with E-state index in [2.05, 4.69) is 27.1 Å². The van der Waals surface area contributed by atoms with Crippen molar-refractivity contribution in [3.05, 3.63) is 18.6 Å². The summed E-state index contributed by atoms with van der Waals surface area (Å²) in [5, 5.41) is 3.50. The number of nitrogens with zero attached hydrogens (tertiary/aromatic N) is 4. The normalized spacial score (nSPS) is 17.7. The van der Waals surface area contributed by atoms with Crippen molar-refractivity contribution in [1.29, 1.82) is 0 Å². The lowest BCUT2D eigenvalue weighted by atomic mass is 9.97. The van der Waals surface area contributed by atoms with Gasteiger partial charge >= 0.3 is 0 Å². The molecule has 0 bridgehead atoms. The van der Waals surface area contributed by atoms with Gasteiger partial charge in [0.15, 0.2) is 5.82 Å². The summed E-state index contributed by atoms with van der Waals surface area (Å²) in [7, 11) is 2.01. The second-order valence-electron chi connectivity index (χ2n) is 5.64. The molecule has 3 heterocycles. The van der Waals surface area contributed by atoms with Crippen LogP contribution in [0, 0.1) is 5.92 Å². The van der Waals surface area contributed by atoms with Crippen LogP contribution in [-0.2, 0) is 7.05 Å². The van der Waals surface area contributed by atoms with E-state index in [0.29, 0.717) is 0 Å². The van der Waals surface area contributed by atoms with Crippen LogP contribution in [0.2, 0.25) is 0 Å². The van der Waals surface area contributed by atoms with Gasteiger partial charge in [0, 0.05) is 19.8 Å². The van der Waals surface area contributed by atoms with Crippen molar-refractivity contribution in [1.82, 2.24) is 19.4 Å². The van der Waals surface area contributed by atoms with Crippen LogP contribution in [0.5, 0.6) is 0 Å². The van der Waals surface area contributed by atoms with E-state index < -0.39 is 0 Å². The molecule has 0 spiro atoms. The van der Waals surface area contributed by atoms with Crippen molar-refractivity contribution in [2.75, 3.05) is 31.5 Å². The summed E-state index contributed by atoms with van der Waals surface area (Å²) in [5.74, 6) is 1.67. The lowest BCUT2D eigenvalue weighted by molar-refractivity contribution is 0.198. The van der Waals surface area contributed by atoms with Gasteiger partial charge in [-0.1, -0.05) is 6.92 Å². The standard InChI is InChI=1S/C15H23N5/c1-3-20-8-5-12(6-9-20)10-17-15-14-13(4-7-16-15)19(2)11-18-14/h4,7,11-12H,3,5-6,8-10H2,1-2H3,(H,16,17). The Morgan fingerprint density at radius 1 is 1.30 bits per heavy atom. The highest BCUT2D eigenvalue weighted by Crippen LogP contribution is 2.21. The smallest absolute Gasteiger partial charge is 0.154 e. The molecule has 1 saturated heterocycles. The SMILES string of the molecule is CCN1CCC(CNc2nccc3c2ncn3C)CC1. The zero-order chi connectivity index (χ0) is 13.9. The van der Waals surface area contributed by atoms with Crippen molar-refractivity contribution in [2.24, 2.45) is 13.0 Å². The van der Waals surface area contributed by atoms with Crippen LogP contribution in [0.1, 0.15) is 19.8 Å². The second kappa shape index (κ2) is 5.79. The summed E-state index contributed by atoms with van der Waals surface area (Å²) in [6.45, 7) is 6.87. The van der Waals surface area contributed by atoms with Crippen LogP contribution in [-0.4, -0.2) is 45.6 Å². The number of pyridine rings is 1. The molecule has 5 heteroatoms. The fraction of sp³-hybridized carbons (Fsp3) is 0.600. The van der Waals surface area contributed by atoms with E-state index in [1.165, 1.54) is 32.5 Å². The van der Waals surface area contributed by atoms with Gasteiger partial charge in [0.25, 0.3) is 0 Å². The lowest BCUT2D eigenvalue weighted by Crippen LogP contribution is -2.35. The summed E-state index contributed by atoms with van der Waals surface area (Å²) < 4.78 is 2.03. The molecule has 1 aliphatic rings. The van der Waals surface area contributed by atoms with Gasteiger partial charge in [0.2, 0.25) is 0 Å². The largest absolute Gasteiger partial charge is 0.368 e. The molecule has 5 nitrogen and oxygen atoms in total. The zero-order valence-electron chi connectivity index (χ0n) is 12.3. The molecule has 0 aliphatic carbocycles. The van der Waals surface area contributed by atoms with Gasteiger partial charge < -0.3 is 14.8 Å². The van der Waals surface area contributed by atoms with Crippen LogP contribution in [0.15, 0.2) is 18.6 Å². The number of anilines is 1.